The number of thiophene rings is 1. The van der Waals surface area contributed by atoms with E-state index in [9.17, 15) is 4.79 Å². The second-order valence-electron chi connectivity index (χ2n) is 4.59. The molecule has 2 heterocycles. The molecule has 108 valence electrons. The zero-order chi connectivity index (χ0) is 14.5. The van der Waals surface area contributed by atoms with Crippen LogP contribution >= 0.6 is 11.3 Å². The van der Waals surface area contributed by atoms with Gasteiger partial charge in [0.05, 0.1) is 10.6 Å². The van der Waals surface area contributed by atoms with Crippen molar-refractivity contribution < 1.29 is 4.79 Å². The predicted octanol–water partition coefficient (Wildman–Crippen LogP) is 2.29. The van der Waals surface area contributed by atoms with Crippen LogP contribution in [-0.4, -0.2) is 29.8 Å². The average Bonchev–Trinajstić information content (AvgIpc) is 2.77. The summed E-state index contributed by atoms with van der Waals surface area (Å²) in [5.41, 5.74) is 10.5. The van der Waals surface area contributed by atoms with Gasteiger partial charge < -0.3 is 5.73 Å². The van der Waals surface area contributed by atoms with Gasteiger partial charge in [-0.3, -0.25) is 9.80 Å². The van der Waals surface area contributed by atoms with E-state index in [1.165, 1.54) is 0 Å². The highest BCUT2D eigenvalue weighted by Crippen LogP contribution is 2.31. The SMILES string of the molecule is CCCN(NCC)C(=O)C1=Cc2sccc2N=C(N)C1. The zero-order valence-corrected chi connectivity index (χ0v) is 12.7. The Morgan fingerprint density at radius 2 is 2.35 bits per heavy atom. The lowest BCUT2D eigenvalue weighted by molar-refractivity contribution is -0.130. The molecule has 3 N–H and O–H groups in total. The van der Waals surface area contributed by atoms with Gasteiger partial charge in [0.1, 0.15) is 5.84 Å². The van der Waals surface area contributed by atoms with Crippen LogP contribution in [-0.2, 0) is 4.79 Å². The molecule has 5 nitrogen and oxygen atoms in total. The molecule has 0 fully saturated rings. The summed E-state index contributed by atoms with van der Waals surface area (Å²) in [6.07, 6.45) is 3.21. The number of aliphatic imine (C=N–C) groups is 1. The third-order valence-corrected chi connectivity index (χ3v) is 3.78. The van der Waals surface area contributed by atoms with E-state index in [1.807, 2.05) is 31.4 Å². The lowest BCUT2D eigenvalue weighted by Gasteiger charge is -2.23. The van der Waals surface area contributed by atoms with Crippen LogP contribution in [0.5, 0.6) is 0 Å². The number of amides is 1. The molecule has 1 aliphatic rings. The van der Waals surface area contributed by atoms with E-state index in [1.54, 1.807) is 16.3 Å². The maximum absolute atomic E-state index is 12.6. The molecule has 1 aromatic rings. The molecule has 1 amide bonds. The molecule has 1 aliphatic heterocycles. The van der Waals surface area contributed by atoms with Crippen LogP contribution in [0.4, 0.5) is 5.69 Å². The lowest BCUT2D eigenvalue weighted by atomic mass is 10.1. The van der Waals surface area contributed by atoms with Crippen LogP contribution in [0.3, 0.4) is 0 Å². The lowest BCUT2D eigenvalue weighted by Crippen LogP contribution is -2.44. The van der Waals surface area contributed by atoms with Gasteiger partial charge in [-0.05, 0) is 23.9 Å². The summed E-state index contributed by atoms with van der Waals surface area (Å²) < 4.78 is 0. The Balaban J connectivity index is 2.27. The zero-order valence-electron chi connectivity index (χ0n) is 11.8. The first-order valence-corrected chi connectivity index (χ1v) is 7.70. The topological polar surface area (TPSA) is 70.7 Å². The second kappa shape index (κ2) is 6.67. The van der Waals surface area contributed by atoms with Crippen LogP contribution in [0.25, 0.3) is 6.08 Å². The van der Waals surface area contributed by atoms with Crippen molar-refractivity contribution in [3.8, 4) is 0 Å². The molecule has 0 aliphatic carbocycles. The first kappa shape index (κ1) is 14.7. The van der Waals surface area contributed by atoms with E-state index in [0.717, 1.165) is 17.0 Å². The summed E-state index contributed by atoms with van der Waals surface area (Å²) in [6, 6.07) is 1.92. The number of carbonyl (C=O) groups is 1. The molecule has 0 radical (unpaired) electrons. The standard InChI is InChI=1S/C14H20N4OS/c1-3-6-18(16-4-2)14(19)10-8-12-11(5-7-20-12)17-13(15)9-10/h5,7-8,16H,3-4,6,9H2,1-2H3,(H2,15,17). The van der Waals surface area contributed by atoms with Crippen molar-refractivity contribution in [3.63, 3.8) is 0 Å². The molecule has 0 saturated carbocycles. The minimum atomic E-state index is -0.0203. The molecule has 0 spiro atoms. The highest BCUT2D eigenvalue weighted by molar-refractivity contribution is 7.11. The van der Waals surface area contributed by atoms with Crippen LogP contribution in [0.2, 0.25) is 0 Å². The van der Waals surface area contributed by atoms with E-state index in [0.29, 0.717) is 30.9 Å². The molecular formula is C14H20N4OS. The number of hydrazine groups is 1. The van der Waals surface area contributed by atoms with Crippen molar-refractivity contribution in [1.82, 2.24) is 10.4 Å². The molecule has 0 aromatic carbocycles. The van der Waals surface area contributed by atoms with Gasteiger partial charge >= 0.3 is 0 Å². The largest absolute Gasteiger partial charge is 0.387 e. The average molecular weight is 292 g/mol. The number of rotatable bonds is 5. The first-order chi connectivity index (χ1) is 9.65. The highest BCUT2D eigenvalue weighted by atomic mass is 32.1. The monoisotopic (exact) mass is 292 g/mol. The summed E-state index contributed by atoms with van der Waals surface area (Å²) in [5, 5.41) is 3.62. The summed E-state index contributed by atoms with van der Waals surface area (Å²) in [6.45, 7) is 5.42. The van der Waals surface area contributed by atoms with E-state index in [4.69, 9.17) is 5.73 Å². The van der Waals surface area contributed by atoms with E-state index in [2.05, 4.69) is 10.4 Å². The molecule has 0 saturated heterocycles. The van der Waals surface area contributed by atoms with Crippen molar-refractivity contribution in [2.24, 2.45) is 10.7 Å². The molecule has 2 rings (SSSR count). The van der Waals surface area contributed by atoms with Gasteiger partial charge in [-0.25, -0.2) is 10.4 Å². The third-order valence-electron chi connectivity index (χ3n) is 2.93. The maximum Gasteiger partial charge on any atom is 0.264 e. The highest BCUT2D eigenvalue weighted by Gasteiger charge is 2.21. The van der Waals surface area contributed by atoms with Gasteiger partial charge in [-0.2, -0.15) is 0 Å². The molecular weight excluding hydrogens is 272 g/mol. The number of nitrogens with zero attached hydrogens (tertiary/aromatic N) is 2. The maximum atomic E-state index is 12.6. The summed E-state index contributed by atoms with van der Waals surface area (Å²) >= 11 is 1.57. The van der Waals surface area contributed by atoms with E-state index in [-0.39, 0.29) is 5.91 Å². The minimum Gasteiger partial charge on any atom is -0.387 e. The number of carbonyl (C=O) groups excluding carboxylic acids is 1. The smallest absolute Gasteiger partial charge is 0.264 e. The fourth-order valence-electron chi connectivity index (χ4n) is 2.09. The van der Waals surface area contributed by atoms with E-state index >= 15 is 0 Å². The van der Waals surface area contributed by atoms with E-state index < -0.39 is 0 Å². The van der Waals surface area contributed by atoms with Crippen LogP contribution in [0.15, 0.2) is 22.0 Å². The quantitative estimate of drug-likeness (QED) is 0.818. The molecule has 0 bridgehead atoms. The molecule has 1 aromatic heterocycles. The van der Waals surface area contributed by atoms with Gasteiger partial charge in [-0.1, -0.05) is 13.8 Å². The van der Waals surface area contributed by atoms with Gasteiger partial charge in [0.2, 0.25) is 0 Å². The fraction of sp³-hybridized carbons (Fsp3) is 0.429. The Morgan fingerprint density at radius 1 is 1.55 bits per heavy atom. The van der Waals surface area contributed by atoms with Crippen LogP contribution in [0.1, 0.15) is 31.6 Å². The molecule has 20 heavy (non-hydrogen) atoms. The van der Waals surface area contributed by atoms with Crippen molar-refractivity contribution in [2.45, 2.75) is 26.7 Å². The van der Waals surface area contributed by atoms with Crippen LogP contribution < -0.4 is 11.2 Å². The number of nitrogens with one attached hydrogen (secondary N) is 1. The molecule has 6 heteroatoms. The Labute approximate surface area is 123 Å². The predicted molar refractivity (Wildman–Crippen MR) is 83.9 cm³/mol. The molecule has 0 unspecified atom stereocenters. The summed E-state index contributed by atoms with van der Waals surface area (Å²) in [5.74, 6) is 0.461. The number of hydrogen-bond acceptors (Lipinski definition) is 5. The van der Waals surface area contributed by atoms with Crippen molar-refractivity contribution in [2.75, 3.05) is 13.1 Å². The Hall–Kier alpha value is -1.66. The van der Waals surface area contributed by atoms with Gasteiger partial charge in [-0.15, -0.1) is 11.3 Å². The van der Waals surface area contributed by atoms with Crippen molar-refractivity contribution in [3.05, 3.63) is 21.9 Å². The number of fused-ring (bicyclic) bond motifs is 1. The number of nitrogens with two attached hydrogens (primary N) is 1. The minimum absolute atomic E-state index is 0.0203. The summed E-state index contributed by atoms with van der Waals surface area (Å²) in [4.78, 5) is 17.9. The number of amidine groups is 1. The van der Waals surface area contributed by atoms with Gasteiger partial charge in [0, 0.05) is 25.1 Å². The number of hydrogen-bond donors (Lipinski definition) is 2. The molecule has 0 atom stereocenters. The fourth-order valence-corrected chi connectivity index (χ4v) is 2.88. The third kappa shape index (κ3) is 3.26. The van der Waals surface area contributed by atoms with Gasteiger partial charge in [0.25, 0.3) is 5.91 Å². The summed E-state index contributed by atoms with van der Waals surface area (Å²) in [7, 11) is 0. The Bertz CT molecular complexity index is 541. The normalized spacial score (nSPS) is 14.1. The Kier molecular flexibility index (Phi) is 4.92. The van der Waals surface area contributed by atoms with Crippen molar-refractivity contribution >= 4 is 34.8 Å². The second-order valence-corrected chi connectivity index (χ2v) is 5.54. The van der Waals surface area contributed by atoms with Crippen molar-refractivity contribution in [1.29, 1.82) is 0 Å². The Morgan fingerprint density at radius 3 is 3.05 bits per heavy atom. The van der Waals surface area contributed by atoms with Gasteiger partial charge in [0.15, 0.2) is 0 Å². The first-order valence-electron chi connectivity index (χ1n) is 6.82. The van der Waals surface area contributed by atoms with Crippen LogP contribution in [0, 0.1) is 0 Å².